The Morgan fingerprint density at radius 3 is 2.30 bits per heavy atom. The number of nitrogens with one attached hydrogen (secondary N) is 1. The normalized spacial score (nSPS) is 7.20. The van der Waals surface area contributed by atoms with E-state index in [9.17, 15) is 4.79 Å². The van der Waals surface area contributed by atoms with Crippen molar-refractivity contribution in [2.24, 2.45) is 0 Å². The molecule has 0 saturated carbocycles. The molecule has 5 heteroatoms. The van der Waals surface area contributed by atoms with Crippen LogP contribution in [0.4, 0.5) is 0 Å². The van der Waals surface area contributed by atoms with Crippen LogP contribution in [0.25, 0.3) is 0 Å². The summed E-state index contributed by atoms with van der Waals surface area (Å²) in [5, 5.41) is 8.25. The van der Waals surface area contributed by atoms with E-state index >= 15 is 0 Å². The number of halogens is 2. The van der Waals surface area contributed by atoms with Gasteiger partial charge in [-0.25, -0.2) is 4.79 Å². The van der Waals surface area contributed by atoms with Crippen LogP contribution in [-0.4, -0.2) is 16.1 Å². The fourth-order valence-corrected chi connectivity index (χ4v) is 0.457. The van der Waals surface area contributed by atoms with Crippen LogP contribution in [-0.2, 0) is 0 Å². The number of aromatic nitrogens is 1. The summed E-state index contributed by atoms with van der Waals surface area (Å²) in [4.78, 5) is 12.7. The number of hydrogen-bond acceptors (Lipinski definition) is 1. The van der Waals surface area contributed by atoms with Crippen molar-refractivity contribution in [3.05, 3.63) is 24.0 Å². The highest BCUT2D eigenvalue weighted by molar-refractivity contribution is 5.87. The number of carboxylic acid groups (broad SMARTS) is 1. The molecule has 0 aromatic carbocycles. The smallest absolute Gasteiger partial charge is 0.337 e. The van der Waals surface area contributed by atoms with Gasteiger partial charge in [-0.2, -0.15) is 0 Å². The molecule has 0 radical (unpaired) electrons. The summed E-state index contributed by atoms with van der Waals surface area (Å²) in [6.07, 6.45) is 3.01. The average molecular weight is 184 g/mol. The fraction of sp³-hybridized carbons (Fsp3) is 0. The van der Waals surface area contributed by atoms with Crippen LogP contribution in [0.2, 0.25) is 0 Å². The van der Waals surface area contributed by atoms with Crippen LogP contribution < -0.4 is 0 Å². The minimum atomic E-state index is -0.897. The summed E-state index contributed by atoms with van der Waals surface area (Å²) >= 11 is 0. The van der Waals surface area contributed by atoms with Gasteiger partial charge in [-0.05, 0) is 6.07 Å². The predicted octanol–water partition coefficient (Wildman–Crippen LogP) is 1.56. The van der Waals surface area contributed by atoms with Gasteiger partial charge in [0, 0.05) is 12.4 Å². The zero-order valence-electron chi connectivity index (χ0n) is 4.90. The SMILES string of the molecule is Cl.Cl.O=C(O)c1cc[nH]c1. The number of hydrogen-bond donors (Lipinski definition) is 2. The third kappa shape index (κ3) is 2.75. The van der Waals surface area contributed by atoms with E-state index in [4.69, 9.17) is 5.11 Å². The van der Waals surface area contributed by atoms with Crippen molar-refractivity contribution in [2.75, 3.05) is 0 Å². The lowest BCUT2D eigenvalue weighted by atomic mass is 10.4. The summed E-state index contributed by atoms with van der Waals surface area (Å²) in [6.45, 7) is 0. The molecule has 2 N–H and O–H groups in total. The summed E-state index contributed by atoms with van der Waals surface area (Å²) in [5.74, 6) is -0.897. The molecule has 0 aliphatic carbocycles. The van der Waals surface area contributed by atoms with E-state index in [2.05, 4.69) is 4.98 Å². The van der Waals surface area contributed by atoms with Crippen LogP contribution in [0.1, 0.15) is 10.4 Å². The summed E-state index contributed by atoms with van der Waals surface area (Å²) < 4.78 is 0. The van der Waals surface area contributed by atoms with Crippen molar-refractivity contribution in [1.29, 1.82) is 0 Å². The van der Waals surface area contributed by atoms with Gasteiger partial charge in [-0.15, -0.1) is 24.8 Å². The lowest BCUT2D eigenvalue weighted by Crippen LogP contribution is -1.91. The highest BCUT2D eigenvalue weighted by atomic mass is 35.5. The van der Waals surface area contributed by atoms with Gasteiger partial charge in [0.05, 0.1) is 5.56 Å². The molecule has 3 nitrogen and oxygen atoms in total. The van der Waals surface area contributed by atoms with Crippen molar-refractivity contribution < 1.29 is 9.90 Å². The van der Waals surface area contributed by atoms with Crippen LogP contribution in [0.15, 0.2) is 18.5 Å². The lowest BCUT2D eigenvalue weighted by molar-refractivity contribution is 0.0697. The van der Waals surface area contributed by atoms with E-state index in [0.717, 1.165) is 0 Å². The number of aromatic amines is 1. The van der Waals surface area contributed by atoms with Gasteiger partial charge in [0.1, 0.15) is 0 Å². The third-order valence-corrected chi connectivity index (χ3v) is 0.845. The monoisotopic (exact) mass is 183 g/mol. The largest absolute Gasteiger partial charge is 0.478 e. The molecule has 0 fully saturated rings. The molecule has 1 aromatic rings. The summed E-state index contributed by atoms with van der Waals surface area (Å²) in [7, 11) is 0. The Hall–Kier alpha value is -0.670. The van der Waals surface area contributed by atoms with Crippen LogP contribution in [0, 0.1) is 0 Å². The Morgan fingerprint density at radius 2 is 2.10 bits per heavy atom. The van der Waals surface area contributed by atoms with Crippen molar-refractivity contribution in [1.82, 2.24) is 4.98 Å². The lowest BCUT2D eigenvalue weighted by Gasteiger charge is -1.78. The number of carbonyl (C=O) groups is 1. The second kappa shape index (κ2) is 5.14. The van der Waals surface area contributed by atoms with E-state index in [1.165, 1.54) is 12.3 Å². The Bertz CT molecular complexity index is 186. The first-order chi connectivity index (χ1) is 3.80. The van der Waals surface area contributed by atoms with Crippen molar-refractivity contribution in [3.63, 3.8) is 0 Å². The zero-order valence-corrected chi connectivity index (χ0v) is 6.54. The fourth-order valence-electron chi connectivity index (χ4n) is 0.457. The molecule has 0 spiro atoms. The highest BCUT2D eigenvalue weighted by Crippen LogP contribution is 1.93. The van der Waals surface area contributed by atoms with Gasteiger partial charge in [-0.3, -0.25) is 0 Å². The van der Waals surface area contributed by atoms with Gasteiger partial charge in [-0.1, -0.05) is 0 Å². The molecule has 0 aliphatic heterocycles. The van der Waals surface area contributed by atoms with E-state index < -0.39 is 5.97 Å². The maximum Gasteiger partial charge on any atom is 0.337 e. The quantitative estimate of drug-likeness (QED) is 0.695. The molecule has 1 heterocycles. The minimum absolute atomic E-state index is 0. The molecule has 0 bridgehead atoms. The molecule has 0 atom stereocenters. The zero-order chi connectivity index (χ0) is 5.98. The second-order valence-electron chi connectivity index (χ2n) is 1.40. The number of H-pyrrole nitrogens is 1. The molecule has 0 saturated heterocycles. The standard InChI is InChI=1S/C5H5NO2.2ClH/c7-5(8)4-1-2-6-3-4;;/h1-3,6H,(H,7,8);2*1H. The highest BCUT2D eigenvalue weighted by Gasteiger charge is 1.98. The van der Waals surface area contributed by atoms with E-state index in [-0.39, 0.29) is 24.8 Å². The molecule has 10 heavy (non-hydrogen) atoms. The molecule has 0 unspecified atom stereocenters. The Balaban J connectivity index is 0. The first-order valence-electron chi connectivity index (χ1n) is 2.17. The topological polar surface area (TPSA) is 53.1 Å². The number of rotatable bonds is 1. The second-order valence-corrected chi connectivity index (χ2v) is 1.40. The van der Waals surface area contributed by atoms with Crippen LogP contribution in [0.3, 0.4) is 0 Å². The minimum Gasteiger partial charge on any atom is -0.478 e. The molecular weight excluding hydrogens is 177 g/mol. The van der Waals surface area contributed by atoms with E-state index in [1.54, 1.807) is 6.20 Å². The Morgan fingerprint density at radius 1 is 1.50 bits per heavy atom. The number of aromatic carboxylic acids is 1. The molecule has 0 amide bonds. The molecule has 1 aromatic heterocycles. The van der Waals surface area contributed by atoms with E-state index in [1.807, 2.05) is 0 Å². The van der Waals surface area contributed by atoms with Crippen LogP contribution in [0.5, 0.6) is 0 Å². The van der Waals surface area contributed by atoms with Crippen molar-refractivity contribution >= 4 is 30.8 Å². The van der Waals surface area contributed by atoms with Gasteiger partial charge in [0.2, 0.25) is 0 Å². The van der Waals surface area contributed by atoms with E-state index in [0.29, 0.717) is 5.56 Å². The molecule has 0 aliphatic rings. The van der Waals surface area contributed by atoms with Gasteiger partial charge in [0.15, 0.2) is 0 Å². The van der Waals surface area contributed by atoms with Crippen molar-refractivity contribution in [3.8, 4) is 0 Å². The molecule has 58 valence electrons. The first kappa shape index (κ1) is 12.0. The maximum absolute atomic E-state index is 10.0. The van der Waals surface area contributed by atoms with Gasteiger partial charge in [0.25, 0.3) is 0 Å². The molecule has 1 rings (SSSR count). The number of carboxylic acids is 1. The predicted molar refractivity (Wildman–Crippen MR) is 42.2 cm³/mol. The van der Waals surface area contributed by atoms with Crippen molar-refractivity contribution in [2.45, 2.75) is 0 Å². The third-order valence-electron chi connectivity index (χ3n) is 0.845. The van der Waals surface area contributed by atoms with Gasteiger partial charge >= 0.3 is 5.97 Å². The summed E-state index contributed by atoms with van der Waals surface area (Å²) in [6, 6.07) is 1.50. The molecular formula is C5H7Cl2NO2. The van der Waals surface area contributed by atoms with Crippen LogP contribution >= 0.6 is 24.8 Å². The maximum atomic E-state index is 10.0. The first-order valence-corrected chi connectivity index (χ1v) is 2.17. The Kier molecular flexibility index (Phi) is 6.20. The summed E-state index contributed by atoms with van der Waals surface area (Å²) in [5.41, 5.74) is 0.296. The van der Waals surface area contributed by atoms with Gasteiger partial charge < -0.3 is 10.1 Å². The average Bonchev–Trinajstić information content (AvgIpc) is 2.12. The Labute approximate surface area is 70.3 Å².